The van der Waals surface area contributed by atoms with E-state index < -0.39 is 0 Å². The van der Waals surface area contributed by atoms with Crippen LogP contribution < -0.4 is 24.8 Å². The monoisotopic (exact) mass is 627 g/mol. The first-order valence-corrected chi connectivity index (χ1v) is 16.0. The number of para-hydroxylation sites is 1. The molecular weight excluding hydrogens is 595 g/mol. The SMILES string of the molecule is CCCCn1c(N2CCN(c3ccccc3)CC2)c(/C=C2\SC(=S)N(Cc3ccc4c(c3)OCO4)C2=O)c(C)c(C#N)c1=O. The van der Waals surface area contributed by atoms with Crippen molar-refractivity contribution in [1.29, 1.82) is 5.26 Å². The fourth-order valence-corrected chi connectivity index (χ4v) is 7.05. The zero-order valence-corrected chi connectivity index (χ0v) is 26.4. The molecule has 1 aromatic heterocycles. The van der Waals surface area contributed by atoms with Gasteiger partial charge >= 0.3 is 0 Å². The van der Waals surface area contributed by atoms with Crippen molar-refractivity contribution in [2.75, 3.05) is 42.8 Å². The molecule has 44 heavy (non-hydrogen) atoms. The summed E-state index contributed by atoms with van der Waals surface area (Å²) in [6.45, 7) is 7.79. The molecule has 2 fully saturated rings. The van der Waals surface area contributed by atoms with Crippen LogP contribution in [0.4, 0.5) is 11.5 Å². The number of pyridine rings is 1. The number of fused-ring (bicyclic) bond motifs is 1. The van der Waals surface area contributed by atoms with Gasteiger partial charge in [0.1, 0.15) is 21.8 Å². The highest BCUT2D eigenvalue weighted by atomic mass is 32.2. The van der Waals surface area contributed by atoms with E-state index in [2.05, 4.69) is 34.9 Å². The summed E-state index contributed by atoms with van der Waals surface area (Å²) >= 11 is 6.90. The molecular formula is C33H33N5O4S2. The van der Waals surface area contributed by atoms with E-state index in [0.29, 0.717) is 58.0 Å². The van der Waals surface area contributed by atoms with Gasteiger partial charge in [0, 0.05) is 44.0 Å². The van der Waals surface area contributed by atoms with Crippen LogP contribution >= 0.6 is 24.0 Å². The summed E-state index contributed by atoms with van der Waals surface area (Å²) in [5.41, 5.74) is 3.15. The van der Waals surface area contributed by atoms with Crippen molar-refractivity contribution in [2.24, 2.45) is 0 Å². The first-order valence-electron chi connectivity index (χ1n) is 14.8. The molecule has 0 saturated carbocycles. The highest BCUT2D eigenvalue weighted by Gasteiger charge is 2.34. The Morgan fingerprint density at radius 2 is 1.75 bits per heavy atom. The van der Waals surface area contributed by atoms with Gasteiger partial charge < -0.3 is 19.3 Å². The Bertz CT molecular complexity index is 1740. The molecule has 2 aromatic carbocycles. The van der Waals surface area contributed by atoms with Gasteiger partial charge in [0.25, 0.3) is 11.5 Å². The lowest BCUT2D eigenvalue weighted by Gasteiger charge is -2.39. The van der Waals surface area contributed by atoms with Crippen LogP contribution in [-0.2, 0) is 17.9 Å². The Balaban J connectivity index is 1.36. The summed E-state index contributed by atoms with van der Waals surface area (Å²) in [6, 6.07) is 18.0. The molecule has 0 atom stereocenters. The number of hydrogen-bond donors (Lipinski definition) is 0. The minimum Gasteiger partial charge on any atom is -0.454 e. The molecule has 9 nitrogen and oxygen atoms in total. The highest BCUT2D eigenvalue weighted by Crippen LogP contribution is 2.38. The third kappa shape index (κ3) is 5.67. The number of nitrogens with zero attached hydrogens (tertiary/aromatic N) is 5. The van der Waals surface area contributed by atoms with Crippen LogP contribution in [0.15, 0.2) is 58.2 Å². The molecule has 0 radical (unpaired) electrons. The molecule has 3 aliphatic rings. The topological polar surface area (TPSA) is 91.0 Å². The van der Waals surface area contributed by atoms with Crippen molar-refractivity contribution in [3.8, 4) is 17.6 Å². The van der Waals surface area contributed by atoms with E-state index >= 15 is 0 Å². The predicted octanol–water partition coefficient (Wildman–Crippen LogP) is 5.29. The van der Waals surface area contributed by atoms with E-state index in [1.807, 2.05) is 42.5 Å². The van der Waals surface area contributed by atoms with Crippen LogP contribution in [0.1, 0.15) is 42.0 Å². The van der Waals surface area contributed by atoms with E-state index in [1.54, 1.807) is 16.4 Å². The third-order valence-corrected chi connectivity index (χ3v) is 9.59. The van der Waals surface area contributed by atoms with Gasteiger partial charge in [-0.3, -0.25) is 19.1 Å². The number of anilines is 2. The van der Waals surface area contributed by atoms with E-state index in [1.165, 1.54) is 11.8 Å². The maximum absolute atomic E-state index is 13.8. The summed E-state index contributed by atoms with van der Waals surface area (Å²) in [4.78, 5) is 34.1. The molecule has 0 unspecified atom stereocenters. The van der Waals surface area contributed by atoms with E-state index in [0.717, 1.165) is 43.0 Å². The Morgan fingerprint density at radius 3 is 2.48 bits per heavy atom. The first kappa shape index (κ1) is 29.8. The van der Waals surface area contributed by atoms with Gasteiger partial charge in [-0.05, 0) is 54.8 Å². The molecule has 3 aromatic rings. The summed E-state index contributed by atoms with van der Waals surface area (Å²) in [5, 5.41) is 10.0. The van der Waals surface area contributed by atoms with E-state index in [9.17, 15) is 14.9 Å². The van der Waals surface area contributed by atoms with Gasteiger partial charge in [-0.15, -0.1) is 0 Å². The molecule has 3 aliphatic heterocycles. The molecule has 1 amide bonds. The van der Waals surface area contributed by atoms with Gasteiger partial charge in [0.15, 0.2) is 11.5 Å². The molecule has 11 heteroatoms. The second-order valence-electron chi connectivity index (χ2n) is 10.9. The highest BCUT2D eigenvalue weighted by molar-refractivity contribution is 8.26. The van der Waals surface area contributed by atoms with Gasteiger partial charge in [-0.25, -0.2) is 0 Å². The van der Waals surface area contributed by atoms with Crippen molar-refractivity contribution < 1.29 is 14.3 Å². The number of unbranched alkanes of at least 4 members (excludes halogenated alkanes) is 1. The molecule has 0 spiro atoms. The van der Waals surface area contributed by atoms with Crippen molar-refractivity contribution in [3.63, 3.8) is 0 Å². The fourth-order valence-electron chi connectivity index (χ4n) is 5.81. The van der Waals surface area contributed by atoms with Crippen molar-refractivity contribution >= 4 is 51.8 Å². The van der Waals surface area contributed by atoms with Crippen molar-refractivity contribution in [2.45, 2.75) is 39.8 Å². The zero-order chi connectivity index (χ0) is 30.8. The van der Waals surface area contributed by atoms with Crippen LogP contribution in [-0.4, -0.2) is 52.7 Å². The van der Waals surface area contributed by atoms with Crippen LogP contribution in [0, 0.1) is 18.3 Å². The summed E-state index contributed by atoms with van der Waals surface area (Å²) in [6.07, 6.45) is 3.52. The first-order chi connectivity index (χ1) is 21.4. The average Bonchev–Trinajstić information content (AvgIpc) is 3.62. The number of aromatic nitrogens is 1. The van der Waals surface area contributed by atoms with Crippen LogP contribution in [0.3, 0.4) is 0 Å². The van der Waals surface area contributed by atoms with Gasteiger partial charge in [-0.1, -0.05) is 61.6 Å². The molecule has 0 bridgehead atoms. The Labute approximate surface area is 266 Å². The van der Waals surface area contributed by atoms with Gasteiger partial charge in [-0.2, -0.15) is 5.26 Å². The lowest BCUT2D eigenvalue weighted by Crippen LogP contribution is -2.48. The van der Waals surface area contributed by atoms with Crippen LogP contribution in [0.5, 0.6) is 11.5 Å². The van der Waals surface area contributed by atoms with Gasteiger partial charge in [0.05, 0.1) is 11.4 Å². The number of ether oxygens (including phenoxy) is 2. The molecule has 2 saturated heterocycles. The average molecular weight is 628 g/mol. The molecule has 226 valence electrons. The summed E-state index contributed by atoms with van der Waals surface area (Å²) in [7, 11) is 0. The minimum atomic E-state index is -0.286. The Morgan fingerprint density at radius 1 is 1.02 bits per heavy atom. The lowest BCUT2D eigenvalue weighted by atomic mass is 10.0. The summed E-state index contributed by atoms with van der Waals surface area (Å²) < 4.78 is 13.1. The van der Waals surface area contributed by atoms with E-state index in [-0.39, 0.29) is 23.8 Å². The number of hydrogen-bond acceptors (Lipinski definition) is 9. The van der Waals surface area contributed by atoms with Crippen LogP contribution in [0.2, 0.25) is 0 Å². The Hall–Kier alpha value is -4.27. The van der Waals surface area contributed by atoms with Crippen molar-refractivity contribution in [1.82, 2.24) is 9.47 Å². The fraction of sp³-hybridized carbons (Fsp3) is 0.333. The molecule has 0 aliphatic carbocycles. The number of carbonyl (C=O) groups excluding carboxylic acids is 1. The number of nitriles is 1. The predicted molar refractivity (Wildman–Crippen MR) is 177 cm³/mol. The largest absolute Gasteiger partial charge is 0.454 e. The number of piperazine rings is 1. The minimum absolute atomic E-state index is 0.106. The van der Waals surface area contributed by atoms with Gasteiger partial charge in [0.2, 0.25) is 6.79 Å². The number of benzene rings is 2. The second kappa shape index (κ2) is 12.8. The normalized spacial score (nSPS) is 17.1. The number of thioether (sulfide) groups is 1. The number of rotatable bonds is 8. The molecule has 0 N–H and O–H groups in total. The maximum atomic E-state index is 13.8. The lowest BCUT2D eigenvalue weighted by molar-refractivity contribution is -0.122. The van der Waals surface area contributed by atoms with E-state index in [4.69, 9.17) is 21.7 Å². The smallest absolute Gasteiger partial charge is 0.270 e. The number of carbonyl (C=O) groups is 1. The number of amides is 1. The third-order valence-electron chi connectivity index (χ3n) is 8.21. The standard InChI is InChI=1S/C33H33N5O4S2/c1-3-4-12-37-30(36-15-13-35(14-16-36)24-8-6-5-7-9-24)25(22(2)26(19-34)31(37)39)18-29-32(40)38(33(43)44-29)20-23-10-11-27-28(17-23)42-21-41-27/h5-11,17-18H,3-4,12-16,20-21H2,1-2H3/b29-18-. The maximum Gasteiger partial charge on any atom is 0.270 e. The second-order valence-corrected chi connectivity index (χ2v) is 12.6. The molecule has 4 heterocycles. The molecule has 6 rings (SSSR count). The van der Waals surface area contributed by atoms with Crippen LogP contribution in [0.25, 0.3) is 6.08 Å². The quantitative estimate of drug-likeness (QED) is 0.244. The van der Waals surface area contributed by atoms with Crippen molar-refractivity contribution in [3.05, 3.63) is 86.0 Å². The zero-order valence-electron chi connectivity index (χ0n) is 24.7. The number of thiocarbonyl (C=S) groups is 1. The summed E-state index contributed by atoms with van der Waals surface area (Å²) in [5.74, 6) is 1.88. The Kier molecular flexibility index (Phi) is 8.64.